The van der Waals surface area contributed by atoms with Crippen molar-refractivity contribution in [3.05, 3.63) is 23.8 Å². The van der Waals surface area contributed by atoms with E-state index >= 15 is 0 Å². The van der Waals surface area contributed by atoms with E-state index in [0.717, 1.165) is 0 Å². The first-order valence-corrected chi connectivity index (χ1v) is 13.2. The van der Waals surface area contributed by atoms with Crippen LogP contribution in [0, 0.1) is 17.8 Å². The average molecular weight is 538 g/mol. The number of carbonyl (C=O) groups excluding carboxylic acids is 3. The molecular formula is C28H43NO9. The Bertz CT molecular complexity index is 946. The second kappa shape index (κ2) is 16.0. The summed E-state index contributed by atoms with van der Waals surface area (Å²) in [5.41, 5.74) is 0.541. The van der Waals surface area contributed by atoms with Gasteiger partial charge in [-0.1, -0.05) is 47.6 Å². The zero-order valence-electron chi connectivity index (χ0n) is 23.7. The van der Waals surface area contributed by atoms with Crippen molar-refractivity contribution < 1.29 is 43.2 Å². The minimum absolute atomic E-state index is 0.0321. The van der Waals surface area contributed by atoms with Gasteiger partial charge in [-0.2, -0.15) is 0 Å². The van der Waals surface area contributed by atoms with Crippen LogP contribution in [0.1, 0.15) is 73.8 Å². The highest BCUT2D eigenvalue weighted by Gasteiger charge is 2.24. The molecule has 5 atom stereocenters. The van der Waals surface area contributed by atoms with Gasteiger partial charge in [0.05, 0.1) is 11.8 Å². The Balaban J connectivity index is 2.98. The lowest BCUT2D eigenvalue weighted by Crippen LogP contribution is -2.43. The maximum atomic E-state index is 12.5. The molecule has 0 amide bonds. The Morgan fingerprint density at radius 1 is 0.842 bits per heavy atom. The predicted octanol–water partition coefficient (Wildman–Crippen LogP) is 4.76. The van der Waals surface area contributed by atoms with Crippen LogP contribution in [0.15, 0.2) is 18.2 Å². The molecule has 0 saturated heterocycles. The van der Waals surface area contributed by atoms with Gasteiger partial charge >= 0.3 is 24.1 Å². The van der Waals surface area contributed by atoms with Gasteiger partial charge in [0.1, 0.15) is 18.2 Å². The van der Waals surface area contributed by atoms with Crippen molar-refractivity contribution in [1.29, 1.82) is 0 Å². The van der Waals surface area contributed by atoms with Gasteiger partial charge in [0.2, 0.25) is 0 Å². The lowest BCUT2D eigenvalue weighted by atomic mass is 10.0. The van der Waals surface area contributed by atoms with E-state index < -0.39 is 36.2 Å². The van der Waals surface area contributed by atoms with Crippen molar-refractivity contribution in [3.8, 4) is 11.5 Å². The van der Waals surface area contributed by atoms with E-state index in [2.05, 4.69) is 5.32 Å². The molecule has 0 aliphatic carbocycles. The third-order valence-electron chi connectivity index (χ3n) is 6.37. The molecule has 0 saturated carbocycles. The highest BCUT2D eigenvalue weighted by Crippen LogP contribution is 2.31. The summed E-state index contributed by atoms with van der Waals surface area (Å²) >= 11 is 0. The van der Waals surface area contributed by atoms with Crippen molar-refractivity contribution in [1.82, 2.24) is 5.32 Å². The molecule has 10 heteroatoms. The van der Waals surface area contributed by atoms with Crippen LogP contribution in [-0.4, -0.2) is 54.0 Å². The quantitative estimate of drug-likeness (QED) is 0.238. The lowest BCUT2D eigenvalue weighted by Gasteiger charge is -2.21. The molecule has 1 rings (SSSR count). The van der Waals surface area contributed by atoms with Crippen LogP contribution in [0.25, 0.3) is 0 Å². The molecule has 0 aromatic heterocycles. The molecule has 214 valence electrons. The molecule has 1 aromatic carbocycles. The molecular weight excluding hydrogens is 494 g/mol. The highest BCUT2D eigenvalue weighted by atomic mass is 16.7. The number of ether oxygens (including phenoxy) is 4. The Labute approximate surface area is 225 Å². The van der Waals surface area contributed by atoms with Gasteiger partial charge in [0.25, 0.3) is 0 Å². The summed E-state index contributed by atoms with van der Waals surface area (Å²) in [6, 6.07) is 3.58. The van der Waals surface area contributed by atoms with E-state index in [1.165, 1.54) is 12.1 Å². The Morgan fingerprint density at radius 2 is 1.39 bits per heavy atom. The molecule has 0 aliphatic rings. The standard InChI is InChI=1S/C28H43NO9/c1-9-17(5)26(32)37-23-12-11-21(14-24(23)38-27(33)18(6)10-2)13-22(25(30)31)29-15-19(7)35-28(34)36-20(8)16(3)4/h11-12,14,16-20,22,29H,9-10,13,15H2,1-8H3,(H,30,31)/t17?,18?,19?,20?,22-/m0/s1. The maximum Gasteiger partial charge on any atom is 0.508 e. The van der Waals surface area contributed by atoms with Gasteiger partial charge < -0.3 is 29.4 Å². The molecule has 0 fully saturated rings. The molecule has 0 bridgehead atoms. The topological polar surface area (TPSA) is 137 Å². The number of nitrogens with one attached hydrogen (secondary N) is 1. The molecule has 38 heavy (non-hydrogen) atoms. The van der Waals surface area contributed by atoms with E-state index in [9.17, 15) is 24.3 Å². The van der Waals surface area contributed by atoms with Crippen LogP contribution in [0.5, 0.6) is 11.5 Å². The summed E-state index contributed by atoms with van der Waals surface area (Å²) in [6.07, 6.45) is -0.590. The zero-order valence-corrected chi connectivity index (χ0v) is 23.7. The SMILES string of the molecule is CCC(C)C(=O)Oc1ccc(C[C@H](NCC(C)OC(=O)OC(C)C(C)C)C(=O)O)cc1OC(=O)C(C)CC. The number of carboxylic acids is 1. The van der Waals surface area contributed by atoms with Gasteiger partial charge in [-0.05, 0) is 56.7 Å². The Kier molecular flexibility index (Phi) is 13.8. The van der Waals surface area contributed by atoms with Crippen molar-refractivity contribution in [3.63, 3.8) is 0 Å². The summed E-state index contributed by atoms with van der Waals surface area (Å²) in [4.78, 5) is 48.7. The largest absolute Gasteiger partial charge is 0.508 e. The minimum atomic E-state index is -1.11. The van der Waals surface area contributed by atoms with Crippen LogP contribution >= 0.6 is 0 Å². The smallest absolute Gasteiger partial charge is 0.480 e. The predicted molar refractivity (Wildman–Crippen MR) is 141 cm³/mol. The minimum Gasteiger partial charge on any atom is -0.480 e. The number of benzene rings is 1. The third-order valence-corrected chi connectivity index (χ3v) is 6.37. The van der Waals surface area contributed by atoms with Crippen molar-refractivity contribution >= 4 is 24.1 Å². The van der Waals surface area contributed by atoms with E-state index in [1.54, 1.807) is 33.8 Å². The van der Waals surface area contributed by atoms with Crippen LogP contribution in [0.4, 0.5) is 4.79 Å². The summed E-state index contributed by atoms with van der Waals surface area (Å²) in [6.45, 7) is 14.5. The first kappa shape index (κ1) is 32.9. The van der Waals surface area contributed by atoms with E-state index in [1.807, 2.05) is 27.7 Å². The molecule has 0 spiro atoms. The van der Waals surface area contributed by atoms with Crippen molar-refractivity contribution in [2.75, 3.05) is 6.54 Å². The molecule has 0 radical (unpaired) electrons. The normalized spacial score (nSPS) is 15.1. The fraction of sp³-hybridized carbons (Fsp3) is 0.643. The lowest BCUT2D eigenvalue weighted by molar-refractivity contribution is -0.141. The van der Waals surface area contributed by atoms with Gasteiger partial charge in [0, 0.05) is 6.54 Å². The second-order valence-corrected chi connectivity index (χ2v) is 9.99. The number of carboxylic acid groups (broad SMARTS) is 1. The van der Waals surface area contributed by atoms with Crippen molar-refractivity contribution in [2.24, 2.45) is 17.8 Å². The average Bonchev–Trinajstić information content (AvgIpc) is 2.86. The highest BCUT2D eigenvalue weighted by molar-refractivity contribution is 5.78. The summed E-state index contributed by atoms with van der Waals surface area (Å²) in [5.74, 6) is -2.50. The van der Waals surface area contributed by atoms with E-state index in [-0.39, 0.29) is 48.3 Å². The molecule has 4 unspecified atom stereocenters. The zero-order chi connectivity index (χ0) is 29.0. The van der Waals surface area contributed by atoms with Crippen LogP contribution in [0.2, 0.25) is 0 Å². The number of carbonyl (C=O) groups is 4. The monoisotopic (exact) mass is 537 g/mol. The molecule has 10 nitrogen and oxygen atoms in total. The van der Waals surface area contributed by atoms with Crippen LogP contribution in [-0.2, 0) is 30.3 Å². The molecule has 2 N–H and O–H groups in total. The maximum absolute atomic E-state index is 12.5. The van der Waals surface area contributed by atoms with Crippen LogP contribution < -0.4 is 14.8 Å². The van der Waals surface area contributed by atoms with Gasteiger partial charge in [0.15, 0.2) is 11.5 Å². The second-order valence-electron chi connectivity index (χ2n) is 9.99. The van der Waals surface area contributed by atoms with Gasteiger partial charge in [-0.3, -0.25) is 14.4 Å². The third kappa shape index (κ3) is 11.1. The van der Waals surface area contributed by atoms with Crippen LogP contribution in [0.3, 0.4) is 0 Å². The van der Waals surface area contributed by atoms with E-state index in [4.69, 9.17) is 18.9 Å². The summed E-state index contributed by atoms with van der Waals surface area (Å²) < 4.78 is 21.4. The van der Waals surface area contributed by atoms with Crippen molar-refractivity contribution in [2.45, 2.75) is 92.9 Å². The summed E-state index contributed by atoms with van der Waals surface area (Å²) in [7, 11) is 0. The summed E-state index contributed by atoms with van der Waals surface area (Å²) in [5, 5.41) is 12.6. The molecule has 0 heterocycles. The number of hydrogen-bond donors (Lipinski definition) is 2. The Hall–Kier alpha value is -3.14. The fourth-order valence-corrected chi connectivity index (χ4v) is 2.91. The first-order chi connectivity index (χ1) is 17.8. The van der Waals surface area contributed by atoms with Gasteiger partial charge in [-0.25, -0.2) is 4.79 Å². The van der Waals surface area contributed by atoms with Gasteiger partial charge in [-0.15, -0.1) is 0 Å². The first-order valence-electron chi connectivity index (χ1n) is 13.2. The number of hydrogen-bond acceptors (Lipinski definition) is 9. The number of aliphatic carboxylic acids is 1. The molecule has 0 aliphatic heterocycles. The number of esters is 2. The Morgan fingerprint density at radius 3 is 1.89 bits per heavy atom. The molecule has 1 aromatic rings. The van der Waals surface area contributed by atoms with E-state index in [0.29, 0.717) is 18.4 Å². The number of rotatable bonds is 15. The fourth-order valence-electron chi connectivity index (χ4n) is 2.91.